The molecule has 3 aromatic carbocycles. The van der Waals surface area contributed by atoms with Gasteiger partial charge in [0.2, 0.25) is 0 Å². The Morgan fingerprint density at radius 3 is 2.28 bits per heavy atom. The van der Waals surface area contributed by atoms with Crippen LogP contribution in [0.4, 0.5) is 8.78 Å². The molecule has 2 atom stereocenters. The number of aromatic nitrogens is 1. The van der Waals surface area contributed by atoms with Crippen molar-refractivity contribution in [1.29, 1.82) is 0 Å². The molecular weight excluding hydrogens is 606 g/mol. The van der Waals surface area contributed by atoms with E-state index in [9.17, 15) is 28.3 Å². The maximum atomic E-state index is 14.1. The highest BCUT2D eigenvalue weighted by Gasteiger charge is 2.24. The third-order valence-corrected chi connectivity index (χ3v) is 7.88. The summed E-state index contributed by atoms with van der Waals surface area (Å²) in [5.74, 6) is -2.67. The van der Waals surface area contributed by atoms with Crippen molar-refractivity contribution < 1.29 is 33.0 Å². The number of carbonyl (C=O) groups is 3. The predicted molar refractivity (Wildman–Crippen MR) is 176 cm³/mol. The number of fused-ring (bicyclic) bond motifs is 1. The lowest BCUT2D eigenvalue weighted by Gasteiger charge is -2.25. The maximum Gasteiger partial charge on any atom is 0.337 e. The molecule has 4 aromatic rings. The van der Waals surface area contributed by atoms with Gasteiger partial charge in [0.05, 0.1) is 24.8 Å². The number of nitrogens with zero attached hydrogens (tertiary/aromatic N) is 1. The van der Waals surface area contributed by atoms with Crippen LogP contribution in [-0.4, -0.2) is 71.7 Å². The lowest BCUT2D eigenvalue weighted by Crippen LogP contribution is -2.48. The molecular formula is C36H42F2N4O5. The van der Waals surface area contributed by atoms with Crippen molar-refractivity contribution in [3.8, 4) is 0 Å². The molecule has 0 aliphatic heterocycles. The van der Waals surface area contributed by atoms with E-state index < -0.39 is 35.7 Å². The van der Waals surface area contributed by atoms with Crippen LogP contribution in [0.2, 0.25) is 0 Å². The second-order valence-corrected chi connectivity index (χ2v) is 11.7. The molecule has 9 nitrogen and oxygen atoms in total. The minimum Gasteiger partial charge on any atom is -0.465 e. The topological polar surface area (TPSA) is 124 Å². The van der Waals surface area contributed by atoms with E-state index in [4.69, 9.17) is 4.74 Å². The zero-order chi connectivity index (χ0) is 34.1. The number of methoxy groups -OCH3 is 1. The third-order valence-electron chi connectivity index (χ3n) is 7.88. The number of aromatic amines is 1. The summed E-state index contributed by atoms with van der Waals surface area (Å²) in [6.07, 6.45) is 2.19. The Hall–Kier alpha value is -4.61. The summed E-state index contributed by atoms with van der Waals surface area (Å²) in [6.45, 7) is 7.37. The van der Waals surface area contributed by atoms with Gasteiger partial charge in [0.1, 0.15) is 11.6 Å². The number of hydrogen-bond donors (Lipinski definition) is 4. The van der Waals surface area contributed by atoms with Gasteiger partial charge in [-0.2, -0.15) is 0 Å². The molecule has 0 radical (unpaired) electrons. The zero-order valence-corrected chi connectivity index (χ0v) is 27.2. The largest absolute Gasteiger partial charge is 0.465 e. The van der Waals surface area contributed by atoms with Crippen LogP contribution >= 0.6 is 0 Å². The van der Waals surface area contributed by atoms with Crippen LogP contribution in [0, 0.1) is 18.6 Å². The normalized spacial score (nSPS) is 12.5. The maximum absolute atomic E-state index is 14.1. The highest BCUT2D eigenvalue weighted by Crippen LogP contribution is 2.21. The number of esters is 1. The lowest BCUT2D eigenvalue weighted by atomic mass is 9.99. The first-order chi connectivity index (χ1) is 22.5. The third kappa shape index (κ3) is 9.24. The number of aliphatic hydroxyl groups excluding tert-OH is 1. The number of benzene rings is 3. The minimum atomic E-state index is -1.16. The number of aryl methyl sites for hydroxylation is 1. The number of nitrogens with one attached hydrogen (secondary N) is 3. The summed E-state index contributed by atoms with van der Waals surface area (Å²) in [4.78, 5) is 43.7. The molecule has 0 unspecified atom stereocenters. The molecule has 4 N–H and O–H groups in total. The van der Waals surface area contributed by atoms with Crippen molar-refractivity contribution in [3.05, 3.63) is 106 Å². The standard InChI is InChI=1S/C36H42F2N4O5/c1-5-9-42(10-6-2)35(45)26-12-22(3)11-25(16-26)34(44)41-32(15-23-13-28(37)18-29(38)14-23)33(43)21-39-19-27-20-40-31-17-24(36(46)47-4)7-8-30(27)31/h7-8,11-14,16-18,20,32-33,39-40,43H,5-6,9-10,15,19,21H2,1-4H3,(H,41,44)/t32-,33+/m0/s1. The molecule has 0 saturated heterocycles. The highest BCUT2D eigenvalue weighted by atomic mass is 19.1. The van der Waals surface area contributed by atoms with Gasteiger partial charge in [-0.25, -0.2) is 13.6 Å². The SMILES string of the molecule is CCCN(CCC)C(=O)c1cc(C)cc(C(=O)N[C@@H](Cc2cc(F)cc(F)c2)[C@H](O)CNCc2c[nH]c3cc(C(=O)OC)ccc23)c1. The van der Waals surface area contributed by atoms with Crippen LogP contribution in [0.15, 0.2) is 60.8 Å². The molecule has 0 spiro atoms. The lowest BCUT2D eigenvalue weighted by molar-refractivity contribution is 0.0600. The van der Waals surface area contributed by atoms with Gasteiger partial charge in [-0.05, 0) is 85.3 Å². The number of amides is 2. The van der Waals surface area contributed by atoms with Crippen LogP contribution in [0.25, 0.3) is 10.9 Å². The summed E-state index contributed by atoms with van der Waals surface area (Å²) < 4.78 is 32.9. The van der Waals surface area contributed by atoms with E-state index in [0.29, 0.717) is 30.8 Å². The number of carbonyl (C=O) groups excluding carboxylic acids is 3. The summed E-state index contributed by atoms with van der Waals surface area (Å²) in [5.41, 5.74) is 3.65. The summed E-state index contributed by atoms with van der Waals surface area (Å²) in [5, 5.41) is 18.2. The Bertz CT molecular complexity index is 1700. The molecule has 250 valence electrons. The predicted octanol–water partition coefficient (Wildman–Crippen LogP) is 5.30. The molecule has 4 rings (SSSR count). The van der Waals surface area contributed by atoms with Gasteiger partial charge in [-0.1, -0.05) is 19.9 Å². The monoisotopic (exact) mass is 648 g/mol. The first-order valence-electron chi connectivity index (χ1n) is 15.8. The van der Waals surface area contributed by atoms with E-state index in [-0.39, 0.29) is 30.0 Å². The number of halogens is 2. The number of H-pyrrole nitrogens is 1. The number of aliphatic hydroxyl groups is 1. The van der Waals surface area contributed by atoms with Gasteiger partial charge in [0, 0.05) is 60.5 Å². The van der Waals surface area contributed by atoms with Crippen LogP contribution in [0.3, 0.4) is 0 Å². The van der Waals surface area contributed by atoms with E-state index in [1.54, 1.807) is 48.4 Å². The minimum absolute atomic E-state index is 0.0379. The number of ether oxygens (including phenoxy) is 1. The molecule has 0 saturated carbocycles. The van der Waals surface area contributed by atoms with Crippen LogP contribution < -0.4 is 10.6 Å². The van der Waals surface area contributed by atoms with Crippen molar-refractivity contribution in [1.82, 2.24) is 20.5 Å². The van der Waals surface area contributed by atoms with Crippen LogP contribution in [0.1, 0.15) is 74.5 Å². The van der Waals surface area contributed by atoms with Gasteiger partial charge < -0.3 is 30.4 Å². The molecule has 47 heavy (non-hydrogen) atoms. The molecule has 0 aliphatic carbocycles. The molecule has 0 fully saturated rings. The zero-order valence-electron chi connectivity index (χ0n) is 27.2. The fourth-order valence-corrected chi connectivity index (χ4v) is 5.67. The molecule has 2 amide bonds. The second kappa shape index (κ2) is 16.3. The quantitative estimate of drug-likeness (QED) is 0.130. The Balaban J connectivity index is 1.52. The fraction of sp³-hybridized carbons (Fsp3) is 0.361. The number of hydrogen-bond acceptors (Lipinski definition) is 6. The Kier molecular flexibility index (Phi) is 12.2. The summed E-state index contributed by atoms with van der Waals surface area (Å²) in [7, 11) is 1.32. The van der Waals surface area contributed by atoms with E-state index in [1.807, 2.05) is 13.8 Å². The summed E-state index contributed by atoms with van der Waals surface area (Å²) >= 11 is 0. The Labute approximate surface area is 273 Å². The van der Waals surface area contributed by atoms with Gasteiger partial charge in [-0.15, -0.1) is 0 Å². The van der Waals surface area contributed by atoms with Crippen LogP contribution in [0.5, 0.6) is 0 Å². The highest BCUT2D eigenvalue weighted by molar-refractivity contribution is 6.00. The Morgan fingerprint density at radius 2 is 1.62 bits per heavy atom. The van der Waals surface area contributed by atoms with Gasteiger partial charge >= 0.3 is 5.97 Å². The molecule has 0 bridgehead atoms. The van der Waals surface area contributed by atoms with Gasteiger partial charge in [0.15, 0.2) is 0 Å². The first kappa shape index (κ1) is 35.2. The first-order valence-corrected chi connectivity index (χ1v) is 15.8. The van der Waals surface area contributed by atoms with Gasteiger partial charge in [0.25, 0.3) is 11.8 Å². The van der Waals surface area contributed by atoms with Gasteiger partial charge in [-0.3, -0.25) is 9.59 Å². The summed E-state index contributed by atoms with van der Waals surface area (Å²) in [6, 6.07) is 12.2. The molecule has 11 heteroatoms. The van der Waals surface area contributed by atoms with Crippen molar-refractivity contribution in [3.63, 3.8) is 0 Å². The van der Waals surface area contributed by atoms with E-state index in [1.165, 1.54) is 13.2 Å². The van der Waals surface area contributed by atoms with Crippen molar-refractivity contribution in [2.24, 2.45) is 0 Å². The molecule has 1 heterocycles. The smallest absolute Gasteiger partial charge is 0.337 e. The fourth-order valence-electron chi connectivity index (χ4n) is 5.67. The molecule has 1 aromatic heterocycles. The van der Waals surface area contributed by atoms with E-state index in [2.05, 4.69) is 15.6 Å². The van der Waals surface area contributed by atoms with Crippen molar-refractivity contribution in [2.45, 2.75) is 58.7 Å². The average Bonchev–Trinajstić information content (AvgIpc) is 3.44. The number of rotatable bonds is 15. The van der Waals surface area contributed by atoms with Crippen molar-refractivity contribution >= 4 is 28.7 Å². The van der Waals surface area contributed by atoms with E-state index in [0.717, 1.165) is 53.1 Å². The molecule has 0 aliphatic rings. The van der Waals surface area contributed by atoms with Crippen LogP contribution in [-0.2, 0) is 17.7 Å². The Morgan fingerprint density at radius 1 is 0.936 bits per heavy atom. The second-order valence-electron chi connectivity index (χ2n) is 11.7. The van der Waals surface area contributed by atoms with Crippen molar-refractivity contribution in [2.75, 3.05) is 26.7 Å². The van der Waals surface area contributed by atoms with E-state index >= 15 is 0 Å². The average molecular weight is 649 g/mol.